The molecule has 9 aliphatic carbocycles. The number of fused-ring (bicyclic) bond motifs is 2. The number of nitrogens with two attached hydrogens (primary N) is 2. The van der Waals surface area contributed by atoms with Crippen molar-refractivity contribution >= 4 is 134 Å². The van der Waals surface area contributed by atoms with E-state index in [0.29, 0.717) is 124 Å². The van der Waals surface area contributed by atoms with Gasteiger partial charge in [-0.3, -0.25) is 47.9 Å². The number of ketones is 5. The van der Waals surface area contributed by atoms with Crippen LogP contribution in [0, 0.1) is 53.3 Å². The third-order valence-corrected chi connectivity index (χ3v) is 28.2. The second-order valence-electron chi connectivity index (χ2n) is 43.1. The molecule has 2 aromatic carbocycles. The molecular formula is C108H161N11O31. The Labute approximate surface area is 876 Å². The number of hydrogen-bond donors (Lipinski definition) is 13. The minimum absolute atomic E-state index is 0.0194. The van der Waals surface area contributed by atoms with E-state index in [9.17, 15) is 91.1 Å². The van der Waals surface area contributed by atoms with Crippen molar-refractivity contribution < 1.29 is 149 Å². The number of benzene rings is 2. The molecule has 15 N–H and O–H groups in total. The first-order chi connectivity index (χ1) is 70.9. The van der Waals surface area contributed by atoms with Gasteiger partial charge in [0.2, 0.25) is 17.7 Å². The van der Waals surface area contributed by atoms with Crippen molar-refractivity contribution in [3.8, 4) is 11.5 Å². The average Bonchev–Trinajstić information content (AvgIpc) is 1.63. The van der Waals surface area contributed by atoms with Gasteiger partial charge in [0.1, 0.15) is 117 Å². The third kappa shape index (κ3) is 41.6. The van der Waals surface area contributed by atoms with E-state index < -0.39 is 149 Å². The number of hydrogen-bond acceptors (Lipinski definition) is 31. The van der Waals surface area contributed by atoms with Gasteiger partial charge in [-0.25, -0.2) is 43.2 Å². The first-order valence-electron chi connectivity index (χ1n) is 52.4. The van der Waals surface area contributed by atoms with Crippen molar-refractivity contribution in [3.05, 3.63) is 59.9 Å². The van der Waals surface area contributed by atoms with Gasteiger partial charge in [0, 0.05) is 83.5 Å². The number of esters is 5. The Kier molecular flexibility index (Phi) is 50.1. The lowest BCUT2D eigenvalue weighted by molar-refractivity contribution is -0.146. The van der Waals surface area contributed by atoms with Crippen LogP contribution in [0.15, 0.2) is 48.5 Å². The van der Waals surface area contributed by atoms with Gasteiger partial charge in [-0.05, 0) is 244 Å². The van der Waals surface area contributed by atoms with Crippen LogP contribution in [0.4, 0.5) is 14.4 Å². The van der Waals surface area contributed by atoms with E-state index in [4.69, 9.17) is 59.6 Å². The first kappa shape index (κ1) is 124. The molecule has 2 heterocycles. The largest absolute Gasteiger partial charge is 0.496 e. The number of alkyl carbamates (subject to hydrolysis) is 3. The summed E-state index contributed by atoms with van der Waals surface area (Å²) in [6.07, 6.45) is 25.3. The van der Waals surface area contributed by atoms with Crippen molar-refractivity contribution in [2.45, 2.75) is 365 Å². The summed E-state index contributed by atoms with van der Waals surface area (Å²) in [6.45, 7) is 15.7. The van der Waals surface area contributed by atoms with Gasteiger partial charge in [0.25, 0.3) is 5.91 Å². The topological polar surface area (TPSA) is 625 Å². The standard InChI is InChI=1S/C26H33N3O6.C21H34N2O6.C16H26N2O4.C14H23NO5.C12H21NO4.C10H9NO3.C9H15NO3/c1-34-23-11-5-9-18-17(23)14-20(27-18)25(32)28-19(12-15-6-3-7-15)24(31)29-21(26(33)35-2)13-16-8-4-10-22(16)30;1-21(2,3)29-20(27)23-15(11-13-7-5-8-13)18(25)22-16(19(26)28-4)12-14-9-6-10-17(14)24;1-22-16(21)13(9-11-6-3-7-14(11)19)18-15(20)12(17)8-10-4-2-5-10;1-14(2,3)20-13(18)15-10(12(17)19-4)8-9-6-5-7-11(9)16;1-12(2,3)17-11(16)13-9(10(14)15)7-8-5-4-6-8;1-14-9-4-2-3-7-6(9)5-8(11-7)10(12)13;1-13-9(12)7(10)5-6-3-2-4-8(6)11/h5,9,11,14-16,19,21,27H,3-4,6-8,10,12-13H2,1-2H3,(H,28,32)(H,29,31);13-16H,5-12H2,1-4H3,(H,22,25)(H,23,27);10-13H,2-9,17H2,1H3,(H,18,20);9-10H,5-8H2,1-4H3,(H,15,18);8-9H,4-7H2,1-3H3,(H,13,16)(H,14,15);2-5,11H,1H3,(H,12,13);6-7H,2-5,10H2,1H3/t16-,19-,21-;14-,15-,16-;11-,12-,13-;9-,10-;9-;;6-,7-/m00000.0/s1. The summed E-state index contributed by atoms with van der Waals surface area (Å²) in [5.41, 5.74) is 11.5. The number of methoxy groups -OCH3 is 7. The molecular weight excluding hydrogens is 1950 g/mol. The fourth-order valence-electron chi connectivity index (χ4n) is 19.1. The average molecular weight is 2110 g/mol. The SMILES string of the molecule is CC(C)(C)OC(=O)N[C@@H](CC1CCC1)C(=O)O.COC(=O)[C@@H](N)C[C@@H]1CCCC1=O.COC(=O)[C@H](C[C@@H]1CCCC1=O)NC(=O)OC(C)(C)C.COC(=O)[C@H](C[C@@H]1CCCC1=O)NC(=O)[C@@H](N)CC1CCC1.COC(=O)[C@H](C[C@@H]1CCCC1=O)NC(=O)[C@H](CC1CCC1)NC(=O)OC(C)(C)C.COC(=O)[C@H](C[C@@H]1CCCC1=O)NC(=O)[C@H](CC1CCC1)NC(=O)c1cc2c(OC)cccc2[nH]1.COc1cccc2[nH]c(C(=O)O)cc12. The van der Waals surface area contributed by atoms with E-state index in [-0.39, 0.29) is 89.4 Å². The molecule has 0 aliphatic heterocycles. The highest BCUT2D eigenvalue weighted by molar-refractivity contribution is 6.02. The number of carbonyl (C=O) groups is 19. The van der Waals surface area contributed by atoms with Gasteiger partial charge < -0.3 is 116 Å². The zero-order valence-corrected chi connectivity index (χ0v) is 89.9. The van der Waals surface area contributed by atoms with Crippen LogP contribution in [0.5, 0.6) is 11.5 Å². The molecule has 13 rings (SSSR count). The third-order valence-electron chi connectivity index (χ3n) is 28.2. The number of nitrogens with one attached hydrogen (secondary N) is 9. The predicted octanol–water partition coefficient (Wildman–Crippen LogP) is 12.4. The summed E-state index contributed by atoms with van der Waals surface area (Å²) in [5.74, 6) is -3.43. The molecule has 9 fully saturated rings. The molecule has 0 bridgehead atoms. The molecule has 0 radical (unpaired) electrons. The summed E-state index contributed by atoms with van der Waals surface area (Å²) in [4.78, 5) is 232. The van der Waals surface area contributed by atoms with Crippen LogP contribution in [0.1, 0.15) is 314 Å². The second-order valence-corrected chi connectivity index (χ2v) is 43.1. The molecule has 9 aliphatic rings. The first-order valence-corrected chi connectivity index (χ1v) is 52.4. The van der Waals surface area contributed by atoms with E-state index in [2.05, 4.69) is 56.7 Å². The smallest absolute Gasteiger partial charge is 0.408 e. The van der Waals surface area contributed by atoms with Gasteiger partial charge in [-0.15, -0.1) is 0 Å². The molecule has 4 aromatic rings. The Morgan fingerprint density at radius 2 is 0.607 bits per heavy atom. The molecule has 2 aromatic heterocycles. The lowest BCUT2D eigenvalue weighted by atomic mass is 9.80. The van der Waals surface area contributed by atoms with Crippen LogP contribution in [0.25, 0.3) is 21.8 Å². The fourth-order valence-corrected chi connectivity index (χ4v) is 19.1. The van der Waals surface area contributed by atoms with Crippen LogP contribution in [0.2, 0.25) is 0 Å². The fraction of sp³-hybridized carbons (Fsp3) is 0.676. The molecule has 150 heavy (non-hydrogen) atoms. The summed E-state index contributed by atoms with van der Waals surface area (Å²) >= 11 is 0. The summed E-state index contributed by atoms with van der Waals surface area (Å²) < 4.78 is 49.5. The number of amides is 7. The summed E-state index contributed by atoms with van der Waals surface area (Å²) in [6, 6.07) is 6.99. The normalized spacial score (nSPS) is 20.2. The summed E-state index contributed by atoms with van der Waals surface area (Å²) in [5, 5.41) is 37.9. The Morgan fingerprint density at radius 3 is 0.893 bits per heavy atom. The number of carboxylic acid groups (broad SMARTS) is 2. The quantitative estimate of drug-likeness (QED) is 0.0146. The molecule has 9 saturated carbocycles. The number of Topliss-reactive ketones (excluding diaryl/α,β-unsaturated/α-hetero) is 5. The van der Waals surface area contributed by atoms with E-state index in [1.807, 2.05) is 30.3 Å². The van der Waals surface area contributed by atoms with Crippen molar-refractivity contribution in [2.24, 2.45) is 64.7 Å². The Morgan fingerprint density at radius 1 is 0.327 bits per heavy atom. The number of rotatable bonds is 38. The number of aromatic amines is 2. The molecule has 42 nitrogen and oxygen atoms in total. The summed E-state index contributed by atoms with van der Waals surface area (Å²) in [7, 11) is 9.48. The van der Waals surface area contributed by atoms with E-state index in [1.54, 1.807) is 94.7 Å². The lowest BCUT2D eigenvalue weighted by Gasteiger charge is -2.31. The van der Waals surface area contributed by atoms with E-state index in [1.165, 1.54) is 42.0 Å². The lowest BCUT2D eigenvalue weighted by Crippen LogP contribution is -2.53. The molecule has 0 spiro atoms. The highest BCUT2D eigenvalue weighted by atomic mass is 16.6. The number of aromatic nitrogens is 2. The minimum Gasteiger partial charge on any atom is -0.496 e. The Bertz CT molecular complexity index is 5250. The van der Waals surface area contributed by atoms with Gasteiger partial charge in [0.05, 0.1) is 55.8 Å². The van der Waals surface area contributed by atoms with Crippen molar-refractivity contribution in [3.63, 3.8) is 0 Å². The minimum atomic E-state index is -0.997. The maximum atomic E-state index is 13.3. The van der Waals surface area contributed by atoms with Crippen LogP contribution < -0.4 is 58.2 Å². The van der Waals surface area contributed by atoms with Crippen molar-refractivity contribution in [2.75, 3.05) is 49.8 Å². The predicted molar refractivity (Wildman–Crippen MR) is 550 cm³/mol. The van der Waals surface area contributed by atoms with Gasteiger partial charge >= 0.3 is 60.1 Å². The van der Waals surface area contributed by atoms with Crippen molar-refractivity contribution in [1.29, 1.82) is 0 Å². The maximum Gasteiger partial charge on any atom is 0.408 e. The number of ether oxygens (including phenoxy) is 10. The molecule has 834 valence electrons. The number of H-pyrrole nitrogens is 2. The van der Waals surface area contributed by atoms with Crippen LogP contribution in [0.3, 0.4) is 0 Å². The van der Waals surface area contributed by atoms with Gasteiger partial charge in [-0.2, -0.15) is 0 Å². The zero-order valence-electron chi connectivity index (χ0n) is 89.9. The van der Waals surface area contributed by atoms with E-state index in [0.717, 1.165) is 144 Å². The number of aliphatic carboxylic acids is 1. The molecule has 7 amide bonds. The molecule has 42 heteroatoms. The number of carboxylic acids is 2. The molecule has 0 unspecified atom stereocenters. The molecule has 14 atom stereocenters. The van der Waals surface area contributed by atoms with Crippen LogP contribution in [-0.2, 0) is 105 Å². The highest BCUT2D eigenvalue weighted by Gasteiger charge is 2.42. The number of aromatic carboxylic acids is 1. The van der Waals surface area contributed by atoms with Crippen LogP contribution >= 0.6 is 0 Å². The molecule has 0 saturated heterocycles. The number of carbonyl (C=O) groups excluding carboxylic acids is 17. The van der Waals surface area contributed by atoms with Gasteiger partial charge in [-0.1, -0.05) is 89.2 Å². The van der Waals surface area contributed by atoms with Gasteiger partial charge in [0.15, 0.2) is 0 Å². The van der Waals surface area contributed by atoms with E-state index >= 15 is 0 Å². The maximum absolute atomic E-state index is 13.3. The van der Waals surface area contributed by atoms with Crippen LogP contribution in [-0.4, -0.2) is 254 Å². The second kappa shape index (κ2) is 60.4. The highest BCUT2D eigenvalue weighted by Crippen LogP contribution is 2.38. The Hall–Kier alpha value is -12.6. The zero-order chi connectivity index (χ0) is 111. The monoisotopic (exact) mass is 2110 g/mol. The van der Waals surface area contributed by atoms with Crippen molar-refractivity contribution in [1.82, 2.24) is 47.2 Å². The Balaban J connectivity index is 0.000000243.